The minimum Gasteiger partial charge on any atom is -0.379 e. The number of amides is 1. The number of aromatic nitrogens is 3. The number of carbonyl (C=O) groups is 1. The Balaban J connectivity index is 1.83. The zero-order valence-electron chi connectivity index (χ0n) is 12.8. The van der Waals surface area contributed by atoms with Crippen molar-refractivity contribution in [1.29, 1.82) is 0 Å². The van der Waals surface area contributed by atoms with Crippen LogP contribution in [0.3, 0.4) is 0 Å². The van der Waals surface area contributed by atoms with Gasteiger partial charge in [-0.3, -0.25) is 14.5 Å². The second kappa shape index (κ2) is 6.91. The Morgan fingerprint density at radius 1 is 1.46 bits per heavy atom. The van der Waals surface area contributed by atoms with Crippen LogP contribution in [-0.2, 0) is 4.74 Å². The molecule has 128 valence electrons. The van der Waals surface area contributed by atoms with Gasteiger partial charge in [0.2, 0.25) is 0 Å². The zero-order valence-corrected chi connectivity index (χ0v) is 12.8. The number of carbonyl (C=O) groups excluding carboxylic acids is 1. The lowest BCUT2D eigenvalue weighted by Gasteiger charge is -2.22. The highest BCUT2D eigenvalue weighted by molar-refractivity contribution is 5.98. The lowest BCUT2D eigenvalue weighted by molar-refractivity contribution is 0.0550. The van der Waals surface area contributed by atoms with Crippen molar-refractivity contribution < 1.29 is 18.3 Å². The number of halogens is 2. The number of ether oxygens (including phenoxy) is 1. The molecule has 7 nitrogen and oxygen atoms in total. The Labute approximate surface area is 136 Å². The van der Waals surface area contributed by atoms with Gasteiger partial charge in [0.05, 0.1) is 24.5 Å². The van der Waals surface area contributed by atoms with Crippen molar-refractivity contribution in [3.8, 4) is 0 Å². The highest BCUT2D eigenvalue weighted by Crippen LogP contribution is 2.25. The predicted octanol–water partition coefficient (Wildman–Crippen LogP) is 2.41. The van der Waals surface area contributed by atoms with Gasteiger partial charge in [0, 0.05) is 12.8 Å². The standard InChI is InChI=1S/C15H17F2N5O2/c16-13(17)12-4-3-9(6-19-12)20-15-11(14(18)23)7-22(21-15)10-2-1-5-24-8-10/h3-4,6-7,10,13H,1-2,5,8H2,(H2,18,23)(H,20,21). The summed E-state index contributed by atoms with van der Waals surface area (Å²) < 4.78 is 32.1. The molecule has 1 atom stereocenters. The maximum Gasteiger partial charge on any atom is 0.280 e. The van der Waals surface area contributed by atoms with Crippen molar-refractivity contribution in [3.05, 3.63) is 35.8 Å². The minimum atomic E-state index is -2.63. The first-order valence-corrected chi connectivity index (χ1v) is 7.52. The van der Waals surface area contributed by atoms with Crippen molar-refractivity contribution in [2.75, 3.05) is 18.5 Å². The number of rotatable bonds is 5. The summed E-state index contributed by atoms with van der Waals surface area (Å²) >= 11 is 0. The van der Waals surface area contributed by atoms with Crippen LogP contribution in [0.2, 0.25) is 0 Å². The quantitative estimate of drug-likeness (QED) is 0.873. The molecule has 0 bridgehead atoms. The molecule has 3 N–H and O–H groups in total. The molecule has 1 fully saturated rings. The number of nitrogens with zero attached hydrogens (tertiary/aromatic N) is 3. The fourth-order valence-corrected chi connectivity index (χ4v) is 2.53. The third-order valence-electron chi connectivity index (χ3n) is 3.78. The highest BCUT2D eigenvalue weighted by Gasteiger charge is 2.21. The molecule has 3 rings (SSSR count). The van der Waals surface area contributed by atoms with E-state index in [9.17, 15) is 13.6 Å². The number of hydrogen-bond acceptors (Lipinski definition) is 5. The first-order chi connectivity index (χ1) is 11.5. The molecule has 3 heterocycles. The number of alkyl halides is 2. The van der Waals surface area contributed by atoms with Crippen molar-refractivity contribution in [1.82, 2.24) is 14.8 Å². The average molecular weight is 337 g/mol. The van der Waals surface area contributed by atoms with E-state index in [1.165, 1.54) is 18.3 Å². The first-order valence-electron chi connectivity index (χ1n) is 7.52. The summed E-state index contributed by atoms with van der Waals surface area (Å²) in [7, 11) is 0. The molecule has 2 aromatic rings. The number of anilines is 2. The van der Waals surface area contributed by atoms with Crippen LogP contribution in [0.1, 0.15) is 41.4 Å². The van der Waals surface area contributed by atoms with Crippen molar-refractivity contribution in [2.24, 2.45) is 5.73 Å². The fourth-order valence-electron chi connectivity index (χ4n) is 2.53. The molecule has 1 amide bonds. The van der Waals surface area contributed by atoms with Crippen LogP contribution in [-0.4, -0.2) is 33.9 Å². The number of nitrogens with one attached hydrogen (secondary N) is 1. The van der Waals surface area contributed by atoms with Crippen LogP contribution in [0.5, 0.6) is 0 Å². The van der Waals surface area contributed by atoms with E-state index in [0.29, 0.717) is 18.9 Å². The summed E-state index contributed by atoms with van der Waals surface area (Å²) in [5.74, 6) is -0.364. The Morgan fingerprint density at radius 2 is 2.29 bits per heavy atom. The molecule has 24 heavy (non-hydrogen) atoms. The average Bonchev–Trinajstić information content (AvgIpc) is 3.00. The fraction of sp³-hybridized carbons (Fsp3) is 0.400. The smallest absolute Gasteiger partial charge is 0.280 e. The molecule has 2 aromatic heterocycles. The van der Waals surface area contributed by atoms with Crippen LogP contribution >= 0.6 is 0 Å². The third-order valence-corrected chi connectivity index (χ3v) is 3.78. The van der Waals surface area contributed by atoms with Crippen LogP contribution in [0.25, 0.3) is 0 Å². The van der Waals surface area contributed by atoms with E-state index in [4.69, 9.17) is 10.5 Å². The van der Waals surface area contributed by atoms with Gasteiger partial charge in [-0.15, -0.1) is 0 Å². The monoisotopic (exact) mass is 337 g/mol. The SMILES string of the molecule is NC(=O)c1cn(C2CCCOC2)nc1Nc1ccc(C(F)F)nc1. The molecule has 1 aliphatic heterocycles. The Morgan fingerprint density at radius 3 is 2.88 bits per heavy atom. The molecular weight excluding hydrogens is 320 g/mol. The molecule has 1 unspecified atom stereocenters. The number of pyridine rings is 1. The maximum atomic E-state index is 12.5. The summed E-state index contributed by atoms with van der Waals surface area (Å²) in [5, 5.41) is 7.26. The second-order valence-corrected chi connectivity index (χ2v) is 5.50. The van der Waals surface area contributed by atoms with Crippen LogP contribution < -0.4 is 11.1 Å². The van der Waals surface area contributed by atoms with Gasteiger partial charge in [-0.1, -0.05) is 0 Å². The Hall–Kier alpha value is -2.55. The summed E-state index contributed by atoms with van der Waals surface area (Å²) in [6.45, 7) is 1.23. The topological polar surface area (TPSA) is 95.1 Å². The normalized spacial score (nSPS) is 17.9. The van der Waals surface area contributed by atoms with Crippen molar-refractivity contribution in [3.63, 3.8) is 0 Å². The third kappa shape index (κ3) is 3.51. The summed E-state index contributed by atoms with van der Waals surface area (Å²) in [4.78, 5) is 15.3. The zero-order chi connectivity index (χ0) is 17.1. The van der Waals surface area contributed by atoms with E-state index >= 15 is 0 Å². The number of nitrogens with two attached hydrogens (primary N) is 1. The van der Waals surface area contributed by atoms with Gasteiger partial charge >= 0.3 is 0 Å². The van der Waals surface area contributed by atoms with Gasteiger partial charge in [0.1, 0.15) is 11.3 Å². The molecule has 0 radical (unpaired) electrons. The molecular formula is C15H17F2N5O2. The van der Waals surface area contributed by atoms with Gasteiger partial charge < -0.3 is 15.8 Å². The lowest BCUT2D eigenvalue weighted by Crippen LogP contribution is -2.21. The molecule has 9 heteroatoms. The Bertz CT molecular complexity index is 711. The largest absolute Gasteiger partial charge is 0.379 e. The van der Waals surface area contributed by atoms with E-state index in [-0.39, 0.29) is 23.1 Å². The molecule has 0 saturated carbocycles. The van der Waals surface area contributed by atoms with Gasteiger partial charge in [-0.05, 0) is 25.0 Å². The number of hydrogen-bond donors (Lipinski definition) is 2. The Kier molecular flexibility index (Phi) is 4.70. The summed E-state index contributed by atoms with van der Waals surface area (Å²) in [6.07, 6.45) is 2.01. The van der Waals surface area contributed by atoms with Gasteiger partial charge in [-0.2, -0.15) is 5.10 Å². The second-order valence-electron chi connectivity index (χ2n) is 5.50. The van der Waals surface area contributed by atoms with E-state index in [2.05, 4.69) is 15.4 Å². The molecule has 0 spiro atoms. The molecule has 0 aromatic carbocycles. The van der Waals surface area contributed by atoms with Crippen LogP contribution in [0, 0.1) is 0 Å². The molecule has 1 aliphatic rings. The van der Waals surface area contributed by atoms with Crippen LogP contribution in [0.15, 0.2) is 24.5 Å². The maximum absolute atomic E-state index is 12.5. The molecule has 0 aliphatic carbocycles. The molecule has 1 saturated heterocycles. The summed E-state index contributed by atoms with van der Waals surface area (Å²) in [6, 6.07) is 2.69. The van der Waals surface area contributed by atoms with E-state index in [1.807, 2.05) is 0 Å². The van der Waals surface area contributed by atoms with E-state index in [1.54, 1.807) is 10.9 Å². The van der Waals surface area contributed by atoms with Gasteiger partial charge in [0.15, 0.2) is 5.82 Å². The van der Waals surface area contributed by atoms with Crippen LogP contribution in [0.4, 0.5) is 20.3 Å². The summed E-state index contributed by atoms with van der Waals surface area (Å²) in [5.41, 5.74) is 5.74. The predicted molar refractivity (Wildman–Crippen MR) is 82.3 cm³/mol. The lowest BCUT2D eigenvalue weighted by atomic mass is 10.1. The van der Waals surface area contributed by atoms with Gasteiger partial charge in [0.25, 0.3) is 12.3 Å². The van der Waals surface area contributed by atoms with Crippen molar-refractivity contribution >= 4 is 17.4 Å². The van der Waals surface area contributed by atoms with Crippen molar-refractivity contribution in [2.45, 2.75) is 25.3 Å². The number of primary amides is 1. The highest BCUT2D eigenvalue weighted by atomic mass is 19.3. The van der Waals surface area contributed by atoms with E-state index in [0.717, 1.165) is 12.8 Å². The van der Waals surface area contributed by atoms with Gasteiger partial charge in [-0.25, -0.2) is 8.78 Å². The first kappa shape index (κ1) is 16.3. The van der Waals surface area contributed by atoms with E-state index < -0.39 is 12.3 Å². The minimum absolute atomic E-state index is 0.0340.